The van der Waals surface area contributed by atoms with Crippen LogP contribution in [0, 0.1) is 6.92 Å². The van der Waals surface area contributed by atoms with Crippen molar-refractivity contribution in [1.29, 1.82) is 0 Å². The molecule has 4 nitrogen and oxygen atoms in total. The first-order valence-corrected chi connectivity index (χ1v) is 13.8. The minimum absolute atomic E-state index is 0.129. The molecule has 0 amide bonds. The van der Waals surface area contributed by atoms with Crippen LogP contribution in [0.15, 0.2) is 54.6 Å². The number of H-pyrrole nitrogens is 1. The SMILES string of the molecule is C1CCNC1.Cc1c(C2(N3CCCC3)CCC(c3ccccc3)(N(C)C)CC2)[nH]c2ccccc12. The first kappa shape index (κ1) is 24.5. The second-order valence-electron chi connectivity index (χ2n) is 11.1. The van der Waals surface area contributed by atoms with E-state index in [4.69, 9.17) is 0 Å². The molecule has 0 spiro atoms. The van der Waals surface area contributed by atoms with Crippen molar-refractivity contribution < 1.29 is 0 Å². The summed E-state index contributed by atoms with van der Waals surface area (Å²) in [6.45, 7) is 7.29. The number of aromatic nitrogens is 1. The van der Waals surface area contributed by atoms with E-state index in [2.05, 4.69) is 95.7 Å². The molecule has 0 unspecified atom stereocenters. The lowest BCUT2D eigenvalue weighted by molar-refractivity contribution is -0.00609. The van der Waals surface area contributed by atoms with Gasteiger partial charge in [0.25, 0.3) is 0 Å². The van der Waals surface area contributed by atoms with Crippen LogP contribution in [0.5, 0.6) is 0 Å². The predicted octanol–water partition coefficient (Wildman–Crippen LogP) is 6.17. The molecule has 188 valence electrons. The van der Waals surface area contributed by atoms with Crippen LogP contribution in [0.2, 0.25) is 0 Å². The first-order valence-electron chi connectivity index (χ1n) is 13.8. The number of nitrogens with one attached hydrogen (secondary N) is 2. The Labute approximate surface area is 212 Å². The minimum Gasteiger partial charge on any atom is -0.357 e. The van der Waals surface area contributed by atoms with Crippen molar-refractivity contribution >= 4 is 10.9 Å². The quantitative estimate of drug-likeness (QED) is 0.477. The van der Waals surface area contributed by atoms with Crippen molar-refractivity contribution in [3.63, 3.8) is 0 Å². The van der Waals surface area contributed by atoms with Crippen LogP contribution in [0.3, 0.4) is 0 Å². The van der Waals surface area contributed by atoms with E-state index in [0.717, 1.165) is 0 Å². The Hall–Kier alpha value is -2.14. The molecule has 3 heterocycles. The summed E-state index contributed by atoms with van der Waals surface area (Å²) in [6.07, 6.45) is 10.2. The fourth-order valence-corrected chi connectivity index (χ4v) is 7.06. The molecule has 3 fully saturated rings. The third-order valence-electron chi connectivity index (χ3n) is 9.17. The number of hydrogen-bond acceptors (Lipinski definition) is 3. The lowest BCUT2D eigenvalue weighted by atomic mass is 9.66. The largest absolute Gasteiger partial charge is 0.357 e. The van der Waals surface area contributed by atoms with Crippen LogP contribution in [-0.2, 0) is 11.1 Å². The Morgan fingerprint density at radius 2 is 1.40 bits per heavy atom. The first-order chi connectivity index (χ1) is 17.1. The molecular weight excluding hydrogens is 428 g/mol. The van der Waals surface area contributed by atoms with Gasteiger partial charge in [-0.2, -0.15) is 0 Å². The second kappa shape index (κ2) is 10.5. The Morgan fingerprint density at radius 1 is 0.771 bits per heavy atom. The second-order valence-corrected chi connectivity index (χ2v) is 11.1. The van der Waals surface area contributed by atoms with E-state index < -0.39 is 0 Å². The van der Waals surface area contributed by atoms with Gasteiger partial charge in [0.15, 0.2) is 0 Å². The third kappa shape index (κ3) is 4.57. The molecule has 35 heavy (non-hydrogen) atoms. The van der Waals surface area contributed by atoms with E-state index in [9.17, 15) is 0 Å². The fraction of sp³-hybridized carbons (Fsp3) is 0.548. The number of likely N-dealkylation sites (tertiary alicyclic amines) is 1. The molecular formula is C31H44N4. The van der Waals surface area contributed by atoms with Crippen LogP contribution >= 0.6 is 0 Å². The highest BCUT2D eigenvalue weighted by molar-refractivity contribution is 5.84. The molecule has 0 radical (unpaired) electrons. The van der Waals surface area contributed by atoms with Gasteiger partial charge >= 0.3 is 0 Å². The minimum atomic E-state index is 0.129. The van der Waals surface area contributed by atoms with Gasteiger partial charge in [-0.3, -0.25) is 9.80 Å². The summed E-state index contributed by atoms with van der Waals surface area (Å²) in [6, 6.07) is 20.0. The number of nitrogens with zero attached hydrogens (tertiary/aromatic N) is 2. The van der Waals surface area contributed by atoms with E-state index in [1.54, 1.807) is 0 Å². The van der Waals surface area contributed by atoms with Gasteiger partial charge in [0, 0.05) is 22.1 Å². The molecule has 0 atom stereocenters. The van der Waals surface area contributed by atoms with Gasteiger partial charge in [-0.1, -0.05) is 48.5 Å². The van der Waals surface area contributed by atoms with Crippen molar-refractivity contribution in [1.82, 2.24) is 20.1 Å². The van der Waals surface area contributed by atoms with Crippen molar-refractivity contribution in [3.05, 3.63) is 71.4 Å². The molecule has 0 bridgehead atoms. The van der Waals surface area contributed by atoms with Crippen molar-refractivity contribution in [3.8, 4) is 0 Å². The van der Waals surface area contributed by atoms with Crippen LogP contribution < -0.4 is 5.32 Å². The molecule has 2 N–H and O–H groups in total. The summed E-state index contributed by atoms with van der Waals surface area (Å²) in [5, 5.41) is 4.61. The summed E-state index contributed by atoms with van der Waals surface area (Å²) < 4.78 is 0. The van der Waals surface area contributed by atoms with Gasteiger partial charge in [-0.25, -0.2) is 0 Å². The summed E-state index contributed by atoms with van der Waals surface area (Å²) in [5.41, 5.74) is 5.95. The molecule has 2 saturated heterocycles. The summed E-state index contributed by atoms with van der Waals surface area (Å²) in [5.74, 6) is 0. The van der Waals surface area contributed by atoms with Crippen LogP contribution in [-0.4, -0.2) is 55.1 Å². The molecule has 1 aliphatic carbocycles. The van der Waals surface area contributed by atoms with Crippen LogP contribution in [0.25, 0.3) is 10.9 Å². The monoisotopic (exact) mass is 472 g/mol. The average molecular weight is 473 g/mol. The number of hydrogen-bond donors (Lipinski definition) is 2. The van der Waals surface area contributed by atoms with E-state index in [-0.39, 0.29) is 11.1 Å². The molecule has 1 saturated carbocycles. The highest BCUT2D eigenvalue weighted by Gasteiger charge is 2.50. The summed E-state index contributed by atoms with van der Waals surface area (Å²) >= 11 is 0. The topological polar surface area (TPSA) is 34.3 Å². The number of aromatic amines is 1. The summed E-state index contributed by atoms with van der Waals surface area (Å²) in [7, 11) is 4.54. The number of rotatable bonds is 4. The number of benzene rings is 2. The van der Waals surface area contributed by atoms with Gasteiger partial charge in [-0.15, -0.1) is 0 Å². The highest BCUT2D eigenvalue weighted by Crippen LogP contribution is 2.52. The maximum absolute atomic E-state index is 3.89. The molecule has 3 aliphatic rings. The number of aryl methyl sites for hydroxylation is 1. The Morgan fingerprint density at radius 3 is 1.97 bits per heavy atom. The number of para-hydroxylation sites is 1. The molecule has 2 aliphatic heterocycles. The normalized spacial score (nSPS) is 27.3. The van der Waals surface area contributed by atoms with Crippen LogP contribution in [0.1, 0.15) is 68.2 Å². The van der Waals surface area contributed by atoms with Crippen molar-refractivity contribution in [2.45, 2.75) is 69.4 Å². The van der Waals surface area contributed by atoms with Gasteiger partial charge in [-0.05, 0) is 116 Å². The lowest BCUT2D eigenvalue weighted by Gasteiger charge is -2.53. The maximum Gasteiger partial charge on any atom is 0.0616 e. The molecule has 1 aromatic heterocycles. The zero-order chi connectivity index (χ0) is 24.3. The smallest absolute Gasteiger partial charge is 0.0616 e. The molecule has 4 heteroatoms. The average Bonchev–Trinajstić information content (AvgIpc) is 3.69. The van der Waals surface area contributed by atoms with Gasteiger partial charge < -0.3 is 10.3 Å². The molecule has 6 rings (SSSR count). The van der Waals surface area contributed by atoms with Gasteiger partial charge in [0.1, 0.15) is 0 Å². The maximum atomic E-state index is 3.89. The molecule has 2 aromatic carbocycles. The van der Waals surface area contributed by atoms with E-state index in [0.29, 0.717) is 0 Å². The number of fused-ring (bicyclic) bond motifs is 1. The molecule has 3 aromatic rings. The summed E-state index contributed by atoms with van der Waals surface area (Å²) in [4.78, 5) is 9.19. The lowest BCUT2D eigenvalue weighted by Crippen LogP contribution is -2.54. The fourth-order valence-electron chi connectivity index (χ4n) is 7.06. The van der Waals surface area contributed by atoms with Crippen molar-refractivity contribution in [2.24, 2.45) is 0 Å². The zero-order valence-electron chi connectivity index (χ0n) is 22.1. The predicted molar refractivity (Wildman–Crippen MR) is 148 cm³/mol. The Balaban J connectivity index is 0.000000453. The Kier molecular flexibility index (Phi) is 7.34. The zero-order valence-corrected chi connectivity index (χ0v) is 22.1. The van der Waals surface area contributed by atoms with E-state index in [1.807, 2.05) is 0 Å². The van der Waals surface area contributed by atoms with Gasteiger partial charge in [0.2, 0.25) is 0 Å². The Bertz CT molecular complexity index is 1070. The van der Waals surface area contributed by atoms with Crippen LogP contribution in [0.4, 0.5) is 0 Å². The van der Waals surface area contributed by atoms with Crippen molar-refractivity contribution in [2.75, 3.05) is 40.3 Å². The third-order valence-corrected chi connectivity index (χ3v) is 9.17. The van der Waals surface area contributed by atoms with E-state index >= 15 is 0 Å². The highest BCUT2D eigenvalue weighted by atomic mass is 15.2. The van der Waals surface area contributed by atoms with Gasteiger partial charge in [0.05, 0.1) is 5.54 Å². The standard InChI is InChI=1S/C27H35N3.C4H9N/c1-21-23-13-7-8-14-24(23)28-25(21)27(30-19-9-10-20-30)17-15-26(16-18-27,29(2)3)22-11-5-4-6-12-22;1-2-4-5-3-1/h4-8,11-14,28H,9-10,15-20H2,1-3H3;5H,1-4H2. The van der Waals surface area contributed by atoms with E-state index in [1.165, 1.54) is 105 Å².